The van der Waals surface area contributed by atoms with Gasteiger partial charge < -0.3 is 0 Å². The predicted octanol–water partition coefficient (Wildman–Crippen LogP) is 1.24. The van der Waals surface area contributed by atoms with Gasteiger partial charge in [0.1, 0.15) is 0 Å². The Labute approximate surface area is 72.9 Å². The van der Waals surface area contributed by atoms with Crippen LogP contribution in [0.4, 0.5) is 0 Å². The van der Waals surface area contributed by atoms with E-state index >= 15 is 0 Å². The van der Waals surface area contributed by atoms with E-state index in [0.29, 0.717) is 0 Å². The summed E-state index contributed by atoms with van der Waals surface area (Å²) in [5.41, 5.74) is 0. The molecule has 0 aliphatic rings. The molecular weight excluding hydrogens is 99.2 g/mol. The van der Waals surface area contributed by atoms with Crippen molar-refractivity contribution in [2.45, 2.75) is 6.92 Å². The Hall–Kier alpha value is 1.12. The van der Waals surface area contributed by atoms with E-state index in [4.69, 9.17) is 0 Å². The minimum atomic E-state index is 0.881. The molecule has 0 aromatic heterocycles. The van der Waals surface area contributed by atoms with Gasteiger partial charge in [0.25, 0.3) is 0 Å². The molecule has 0 aromatic carbocycles. The summed E-state index contributed by atoms with van der Waals surface area (Å²) >= 11 is 0.881. The Morgan fingerprint density at radius 3 is 2.17 bits per heavy atom. The van der Waals surface area contributed by atoms with E-state index in [1.54, 1.807) is 0 Å². The molecule has 28 valence electrons. The van der Waals surface area contributed by atoms with E-state index in [1.165, 1.54) is 0 Å². The molecular formula is C5H7K. The van der Waals surface area contributed by atoms with Crippen molar-refractivity contribution in [1.82, 2.24) is 0 Å². The SMILES string of the molecule is CC=CC=[CH][K]. The summed E-state index contributed by atoms with van der Waals surface area (Å²) in [5.74, 6) is 0. The molecule has 1 heteroatoms. The van der Waals surface area contributed by atoms with E-state index in [2.05, 4.69) is 6.25 Å². The van der Waals surface area contributed by atoms with Crippen LogP contribution >= 0.6 is 0 Å². The van der Waals surface area contributed by atoms with Gasteiger partial charge in [-0.15, -0.1) is 0 Å². The van der Waals surface area contributed by atoms with Crippen LogP contribution in [0.3, 0.4) is 0 Å². The van der Waals surface area contributed by atoms with Crippen LogP contribution in [0.2, 0.25) is 0 Å². The molecule has 0 saturated heterocycles. The Morgan fingerprint density at radius 2 is 2.00 bits per heavy atom. The molecule has 0 aromatic rings. The second-order valence-electron chi connectivity index (χ2n) is 1.05. The van der Waals surface area contributed by atoms with E-state index in [0.717, 1.165) is 49.0 Å². The first-order chi connectivity index (χ1) is 2.91. The van der Waals surface area contributed by atoms with E-state index in [-0.39, 0.29) is 0 Å². The Kier molecular flexibility index (Phi) is 7.25. The fourth-order valence-electron chi connectivity index (χ4n) is 0.222. The van der Waals surface area contributed by atoms with Crippen molar-refractivity contribution in [2.75, 3.05) is 0 Å². The van der Waals surface area contributed by atoms with Gasteiger partial charge in [-0.3, -0.25) is 0 Å². The molecule has 0 rings (SSSR count). The second kappa shape index (κ2) is 6.12. The zero-order valence-corrected chi connectivity index (χ0v) is 7.43. The molecule has 0 spiro atoms. The monoisotopic (exact) mass is 106 g/mol. The molecule has 6 heavy (non-hydrogen) atoms. The second-order valence-corrected chi connectivity index (χ2v) is 2.09. The molecule has 0 bridgehead atoms. The van der Waals surface area contributed by atoms with E-state index in [1.807, 2.05) is 19.1 Å². The molecule has 0 fully saturated rings. The van der Waals surface area contributed by atoms with Crippen LogP contribution in [0.5, 0.6) is 0 Å². The first kappa shape index (κ1) is 7.12. The number of hydrogen-bond acceptors (Lipinski definition) is 0. The first-order valence-corrected chi connectivity index (χ1v) is 3.96. The van der Waals surface area contributed by atoms with Crippen molar-refractivity contribution in [3.05, 3.63) is 18.4 Å². The third kappa shape index (κ3) is 5.12. The zero-order valence-electron chi connectivity index (χ0n) is 4.31. The summed E-state index contributed by atoms with van der Waals surface area (Å²) in [6, 6.07) is 0. The van der Waals surface area contributed by atoms with Gasteiger partial charge in [-0.05, 0) is 0 Å². The molecule has 0 atom stereocenters. The van der Waals surface area contributed by atoms with E-state index < -0.39 is 0 Å². The Bertz CT molecular complexity index is 52.3. The summed E-state index contributed by atoms with van der Waals surface area (Å²) < 4.78 is 2.19. The van der Waals surface area contributed by atoms with Crippen molar-refractivity contribution in [3.8, 4) is 0 Å². The molecule has 0 aliphatic heterocycles. The topological polar surface area (TPSA) is 0 Å². The van der Waals surface area contributed by atoms with Crippen molar-refractivity contribution in [1.29, 1.82) is 0 Å². The molecule has 0 nitrogen and oxygen atoms in total. The van der Waals surface area contributed by atoms with Crippen LogP contribution in [0.15, 0.2) is 18.4 Å². The molecule has 0 heterocycles. The summed E-state index contributed by atoms with van der Waals surface area (Å²) in [5, 5.41) is 0. The normalized spacial score (nSPS) is 11.8. The van der Waals surface area contributed by atoms with Gasteiger partial charge in [-0.1, -0.05) is 0 Å². The molecule has 0 aliphatic carbocycles. The fraction of sp³-hybridized carbons (Fsp3) is 0.200. The standard InChI is InChI=1S/C5H7.K/c1-3-5-4-2;/h1,3-5H,2H3;. The van der Waals surface area contributed by atoms with Crippen LogP contribution in [0, 0.1) is 0 Å². The quantitative estimate of drug-likeness (QED) is 0.348. The maximum absolute atomic E-state index is 2.19. The van der Waals surface area contributed by atoms with Crippen molar-refractivity contribution in [2.24, 2.45) is 0 Å². The summed E-state index contributed by atoms with van der Waals surface area (Å²) in [6.07, 6.45) is 6.16. The Morgan fingerprint density at radius 1 is 1.33 bits per heavy atom. The van der Waals surface area contributed by atoms with Gasteiger partial charge in [0, 0.05) is 0 Å². The Balaban J connectivity index is 3.07. The van der Waals surface area contributed by atoms with Gasteiger partial charge in [0.2, 0.25) is 0 Å². The maximum atomic E-state index is 2.19. The summed E-state index contributed by atoms with van der Waals surface area (Å²) in [4.78, 5) is 0. The van der Waals surface area contributed by atoms with Crippen LogP contribution in [0.1, 0.15) is 6.92 Å². The number of allylic oxidation sites excluding steroid dienone is 3. The molecule has 0 N–H and O–H groups in total. The summed E-state index contributed by atoms with van der Waals surface area (Å²) in [6.45, 7) is 2.02. The number of hydrogen-bond donors (Lipinski definition) is 0. The third-order valence-electron chi connectivity index (χ3n) is 0.496. The fourth-order valence-corrected chi connectivity index (χ4v) is 0.569. The van der Waals surface area contributed by atoms with Gasteiger partial charge in [-0.2, -0.15) is 0 Å². The first-order valence-electron chi connectivity index (χ1n) is 2.15. The molecule has 0 radical (unpaired) electrons. The average molecular weight is 106 g/mol. The van der Waals surface area contributed by atoms with Gasteiger partial charge >= 0.3 is 74.3 Å². The zero-order chi connectivity index (χ0) is 4.83. The average Bonchev–Trinajstić information content (AvgIpc) is 1.61. The van der Waals surface area contributed by atoms with Crippen LogP contribution < -0.4 is 0 Å². The van der Waals surface area contributed by atoms with Crippen LogP contribution in [-0.2, 0) is 0 Å². The van der Waals surface area contributed by atoms with Gasteiger partial charge in [0.15, 0.2) is 0 Å². The molecule has 0 saturated carbocycles. The molecule has 0 unspecified atom stereocenters. The summed E-state index contributed by atoms with van der Waals surface area (Å²) in [7, 11) is 0. The third-order valence-corrected chi connectivity index (χ3v) is 1.10. The van der Waals surface area contributed by atoms with Gasteiger partial charge in [0.05, 0.1) is 0 Å². The number of rotatable bonds is 1. The predicted molar refractivity (Wildman–Crippen MR) is 29.7 cm³/mol. The van der Waals surface area contributed by atoms with Crippen LogP contribution in [0.25, 0.3) is 0 Å². The minimum absolute atomic E-state index is 0.881. The van der Waals surface area contributed by atoms with Gasteiger partial charge in [-0.25, -0.2) is 0 Å². The van der Waals surface area contributed by atoms with Crippen molar-refractivity contribution in [3.63, 3.8) is 0 Å². The molecule has 0 amide bonds. The van der Waals surface area contributed by atoms with E-state index in [9.17, 15) is 0 Å². The van der Waals surface area contributed by atoms with Crippen molar-refractivity contribution >= 4 is 49.0 Å². The van der Waals surface area contributed by atoms with Crippen molar-refractivity contribution < 1.29 is 0 Å². The van der Waals surface area contributed by atoms with Crippen LogP contribution in [-0.4, -0.2) is 49.0 Å².